The van der Waals surface area contributed by atoms with Crippen molar-refractivity contribution in [2.45, 2.75) is 40.0 Å². The van der Waals surface area contributed by atoms with E-state index in [0.717, 1.165) is 24.0 Å². The van der Waals surface area contributed by atoms with Gasteiger partial charge in [-0.05, 0) is 73.9 Å². The van der Waals surface area contributed by atoms with Gasteiger partial charge in [0.1, 0.15) is 0 Å². The molecule has 5 nitrogen and oxygen atoms in total. The Hall–Kier alpha value is -2.73. The van der Waals surface area contributed by atoms with E-state index in [2.05, 4.69) is 16.0 Å². The third kappa shape index (κ3) is 6.49. The van der Waals surface area contributed by atoms with E-state index in [4.69, 9.17) is 12.2 Å². The van der Waals surface area contributed by atoms with Crippen LogP contribution in [0.15, 0.2) is 42.5 Å². The number of carbonyl (C=O) groups is 2. The lowest BCUT2D eigenvalue weighted by atomic mass is 10.1. The van der Waals surface area contributed by atoms with Crippen LogP contribution in [0.4, 0.5) is 11.4 Å². The summed E-state index contributed by atoms with van der Waals surface area (Å²) in [6.45, 7) is 6.01. The highest BCUT2D eigenvalue weighted by atomic mass is 32.1. The highest BCUT2D eigenvalue weighted by Gasteiger charge is 2.09. The van der Waals surface area contributed by atoms with E-state index in [9.17, 15) is 9.59 Å². The second-order valence-corrected chi connectivity index (χ2v) is 6.85. The molecule has 3 N–H and O–H groups in total. The zero-order valence-corrected chi connectivity index (χ0v) is 16.7. The normalized spacial score (nSPS) is 10.2. The van der Waals surface area contributed by atoms with Gasteiger partial charge in [-0.1, -0.05) is 25.5 Å². The third-order valence-corrected chi connectivity index (χ3v) is 4.36. The molecular formula is C21H25N3O2S. The zero-order valence-electron chi connectivity index (χ0n) is 15.9. The van der Waals surface area contributed by atoms with Crippen molar-refractivity contribution in [3.8, 4) is 0 Å². The van der Waals surface area contributed by atoms with E-state index in [1.54, 1.807) is 12.1 Å². The number of aryl methyl sites for hydroxylation is 2. The Balaban J connectivity index is 1.95. The molecule has 27 heavy (non-hydrogen) atoms. The van der Waals surface area contributed by atoms with Crippen LogP contribution in [0, 0.1) is 13.8 Å². The lowest BCUT2D eigenvalue weighted by molar-refractivity contribution is -0.116. The lowest BCUT2D eigenvalue weighted by Gasteiger charge is -2.12. The third-order valence-electron chi connectivity index (χ3n) is 4.16. The van der Waals surface area contributed by atoms with Crippen LogP contribution in [0.2, 0.25) is 0 Å². The molecular weight excluding hydrogens is 358 g/mol. The number of rotatable bonds is 6. The van der Waals surface area contributed by atoms with Crippen molar-refractivity contribution in [3.05, 3.63) is 59.2 Å². The van der Waals surface area contributed by atoms with Gasteiger partial charge in [-0.3, -0.25) is 14.9 Å². The highest BCUT2D eigenvalue weighted by Crippen LogP contribution is 2.16. The minimum atomic E-state index is -0.264. The molecule has 2 rings (SSSR count). The maximum atomic E-state index is 12.3. The number of amides is 2. The van der Waals surface area contributed by atoms with Gasteiger partial charge in [-0.25, -0.2) is 0 Å². The van der Waals surface area contributed by atoms with Gasteiger partial charge in [0.2, 0.25) is 5.91 Å². The molecule has 0 aliphatic rings. The molecule has 0 spiro atoms. The molecule has 0 radical (unpaired) electrons. The summed E-state index contributed by atoms with van der Waals surface area (Å²) in [4.78, 5) is 24.2. The number of benzene rings is 2. The van der Waals surface area contributed by atoms with Crippen LogP contribution in [0.1, 0.15) is 47.7 Å². The van der Waals surface area contributed by atoms with E-state index < -0.39 is 0 Å². The Kier molecular flexibility index (Phi) is 7.49. The summed E-state index contributed by atoms with van der Waals surface area (Å²) < 4.78 is 0. The molecule has 0 aliphatic heterocycles. The molecule has 0 fully saturated rings. The van der Waals surface area contributed by atoms with E-state index in [1.807, 2.05) is 51.1 Å². The summed E-state index contributed by atoms with van der Waals surface area (Å²) in [5.74, 6) is -0.278. The molecule has 0 bridgehead atoms. The van der Waals surface area contributed by atoms with Crippen LogP contribution in [-0.2, 0) is 4.79 Å². The van der Waals surface area contributed by atoms with Gasteiger partial charge >= 0.3 is 0 Å². The topological polar surface area (TPSA) is 70.2 Å². The predicted octanol–water partition coefficient (Wildman–Crippen LogP) is 4.56. The van der Waals surface area contributed by atoms with Gasteiger partial charge in [-0.2, -0.15) is 0 Å². The van der Waals surface area contributed by atoms with Crippen LogP contribution >= 0.6 is 12.2 Å². The summed E-state index contributed by atoms with van der Waals surface area (Å²) in [5.41, 5.74) is 4.11. The monoisotopic (exact) mass is 383 g/mol. The first-order valence-electron chi connectivity index (χ1n) is 8.98. The number of nitrogens with one attached hydrogen (secondary N) is 3. The fourth-order valence-electron chi connectivity index (χ4n) is 2.46. The molecule has 0 atom stereocenters. The predicted molar refractivity (Wildman–Crippen MR) is 114 cm³/mol. The van der Waals surface area contributed by atoms with Gasteiger partial charge in [-0.15, -0.1) is 0 Å². The van der Waals surface area contributed by atoms with Gasteiger partial charge in [0.25, 0.3) is 5.91 Å². The number of carbonyl (C=O) groups excluding carboxylic acids is 2. The van der Waals surface area contributed by atoms with E-state index in [-0.39, 0.29) is 16.9 Å². The fourth-order valence-corrected chi connectivity index (χ4v) is 2.67. The average Bonchev–Trinajstić information content (AvgIpc) is 2.62. The summed E-state index contributed by atoms with van der Waals surface area (Å²) in [6, 6.07) is 12.7. The van der Waals surface area contributed by atoms with Crippen LogP contribution in [0.3, 0.4) is 0 Å². The lowest BCUT2D eigenvalue weighted by Crippen LogP contribution is -2.34. The zero-order chi connectivity index (χ0) is 19.8. The second-order valence-electron chi connectivity index (χ2n) is 6.44. The van der Waals surface area contributed by atoms with Crippen molar-refractivity contribution in [1.82, 2.24) is 5.32 Å². The first-order chi connectivity index (χ1) is 12.9. The Morgan fingerprint density at radius 1 is 0.963 bits per heavy atom. The van der Waals surface area contributed by atoms with Crippen LogP contribution in [0.5, 0.6) is 0 Å². The quantitative estimate of drug-likeness (QED) is 0.640. The van der Waals surface area contributed by atoms with E-state index in [1.165, 1.54) is 0 Å². The van der Waals surface area contributed by atoms with Gasteiger partial charge < -0.3 is 10.6 Å². The first-order valence-corrected chi connectivity index (χ1v) is 9.39. The Bertz CT molecular complexity index is 849. The van der Waals surface area contributed by atoms with Crippen molar-refractivity contribution in [2.24, 2.45) is 0 Å². The minimum Gasteiger partial charge on any atom is -0.332 e. The van der Waals surface area contributed by atoms with Crippen molar-refractivity contribution in [2.75, 3.05) is 10.6 Å². The fraction of sp³-hybridized carbons (Fsp3) is 0.286. The molecule has 0 unspecified atom stereocenters. The number of thiocarbonyl (C=S) groups is 1. The molecule has 0 heterocycles. The van der Waals surface area contributed by atoms with Crippen molar-refractivity contribution in [3.63, 3.8) is 0 Å². The highest BCUT2D eigenvalue weighted by molar-refractivity contribution is 7.80. The molecule has 2 aromatic carbocycles. The largest absolute Gasteiger partial charge is 0.332 e. The molecule has 2 amide bonds. The van der Waals surface area contributed by atoms with Crippen molar-refractivity contribution >= 4 is 40.5 Å². The minimum absolute atomic E-state index is 0.0142. The molecule has 0 aliphatic carbocycles. The molecule has 0 saturated carbocycles. The summed E-state index contributed by atoms with van der Waals surface area (Å²) in [7, 11) is 0. The molecule has 0 aromatic heterocycles. The molecule has 2 aromatic rings. The smallest absolute Gasteiger partial charge is 0.257 e. The SMILES string of the molecule is CCCCC(=O)Nc1cccc(NC(=S)NC(=O)c2ccc(C)c(C)c2)c1. The Labute approximate surface area is 165 Å². The second kappa shape index (κ2) is 9.83. The maximum Gasteiger partial charge on any atom is 0.257 e. The van der Waals surface area contributed by atoms with Crippen LogP contribution < -0.4 is 16.0 Å². The molecule has 6 heteroatoms. The van der Waals surface area contributed by atoms with Gasteiger partial charge in [0.05, 0.1) is 0 Å². The Morgan fingerprint density at radius 3 is 2.33 bits per heavy atom. The standard InChI is InChI=1S/C21H25N3O2S/c1-4-5-9-19(25)22-17-7-6-8-18(13-17)23-21(27)24-20(26)16-11-10-14(2)15(3)12-16/h6-8,10-13H,4-5,9H2,1-3H3,(H,22,25)(H2,23,24,26,27). The summed E-state index contributed by atoms with van der Waals surface area (Å²) in [6.07, 6.45) is 2.33. The number of anilines is 2. The molecule has 0 saturated heterocycles. The van der Waals surface area contributed by atoms with Crippen LogP contribution in [0.25, 0.3) is 0 Å². The first kappa shape index (κ1) is 20.6. The number of hydrogen-bond acceptors (Lipinski definition) is 3. The van der Waals surface area contributed by atoms with Gasteiger partial charge in [0, 0.05) is 23.4 Å². The number of hydrogen-bond donors (Lipinski definition) is 3. The summed E-state index contributed by atoms with van der Waals surface area (Å²) in [5, 5.41) is 8.71. The van der Waals surface area contributed by atoms with Crippen molar-refractivity contribution < 1.29 is 9.59 Å². The average molecular weight is 384 g/mol. The summed E-state index contributed by atoms with van der Waals surface area (Å²) >= 11 is 5.23. The Morgan fingerprint density at radius 2 is 1.67 bits per heavy atom. The maximum absolute atomic E-state index is 12.3. The van der Waals surface area contributed by atoms with Gasteiger partial charge in [0.15, 0.2) is 5.11 Å². The van der Waals surface area contributed by atoms with E-state index in [0.29, 0.717) is 23.4 Å². The van der Waals surface area contributed by atoms with E-state index >= 15 is 0 Å². The van der Waals surface area contributed by atoms with Crippen LogP contribution in [-0.4, -0.2) is 16.9 Å². The molecule has 142 valence electrons. The number of unbranched alkanes of at least 4 members (excludes halogenated alkanes) is 1. The van der Waals surface area contributed by atoms with Crippen molar-refractivity contribution in [1.29, 1.82) is 0 Å².